The van der Waals surface area contributed by atoms with E-state index in [4.69, 9.17) is 0 Å². The summed E-state index contributed by atoms with van der Waals surface area (Å²) in [5.74, 6) is 0.154. The molecule has 0 aromatic heterocycles. The summed E-state index contributed by atoms with van der Waals surface area (Å²) in [5.41, 5.74) is 0. The molecule has 0 radical (unpaired) electrons. The van der Waals surface area contributed by atoms with Crippen molar-refractivity contribution >= 4 is 11.8 Å². The summed E-state index contributed by atoms with van der Waals surface area (Å²) in [6.07, 6.45) is 1.79. The maximum absolute atomic E-state index is 11.9. The molecule has 0 spiro atoms. The normalized spacial score (nSPS) is 16.9. The molecule has 2 amide bonds. The molecule has 0 unspecified atom stereocenters. The van der Waals surface area contributed by atoms with Gasteiger partial charge in [-0.2, -0.15) is 0 Å². The highest BCUT2D eigenvalue weighted by Crippen LogP contribution is 2.06. The first kappa shape index (κ1) is 15.0. The number of carbonyl (C=O) groups is 2. The van der Waals surface area contributed by atoms with Crippen LogP contribution in [0.2, 0.25) is 0 Å². The average Bonchev–Trinajstić information content (AvgIpc) is 2.30. The Kier molecular flexibility index (Phi) is 6.12. The summed E-state index contributed by atoms with van der Waals surface area (Å²) in [4.78, 5) is 27.0. The molecule has 104 valence electrons. The van der Waals surface area contributed by atoms with Crippen LogP contribution in [0.4, 0.5) is 0 Å². The van der Waals surface area contributed by atoms with Crippen LogP contribution in [0.25, 0.3) is 0 Å². The molecule has 0 aromatic rings. The summed E-state index contributed by atoms with van der Waals surface area (Å²) in [5, 5.41) is 3.31. The Balaban J connectivity index is 2.31. The van der Waals surface area contributed by atoms with Crippen LogP contribution in [-0.2, 0) is 9.59 Å². The molecule has 0 bridgehead atoms. The summed E-state index contributed by atoms with van der Waals surface area (Å²) in [6, 6.07) is 0.462. The second-order valence-corrected chi connectivity index (χ2v) is 5.09. The fourth-order valence-electron chi connectivity index (χ4n) is 2.04. The maximum Gasteiger partial charge on any atom is 0.242 e. The van der Waals surface area contributed by atoms with Crippen LogP contribution >= 0.6 is 0 Å². The Hall–Kier alpha value is -1.10. The quantitative estimate of drug-likeness (QED) is 0.672. The van der Waals surface area contributed by atoms with Crippen molar-refractivity contribution in [3.8, 4) is 0 Å². The van der Waals surface area contributed by atoms with E-state index in [2.05, 4.69) is 19.2 Å². The largest absolute Gasteiger partial charge is 0.332 e. The van der Waals surface area contributed by atoms with Gasteiger partial charge in [0.2, 0.25) is 11.8 Å². The van der Waals surface area contributed by atoms with E-state index in [0.29, 0.717) is 19.1 Å². The van der Waals surface area contributed by atoms with E-state index in [1.807, 2.05) is 6.92 Å². The number of piperazine rings is 1. The minimum atomic E-state index is 0.0765. The molecular formula is C13H25N3O2. The van der Waals surface area contributed by atoms with Gasteiger partial charge in [0.1, 0.15) is 0 Å². The molecule has 0 atom stereocenters. The first-order valence-corrected chi connectivity index (χ1v) is 6.83. The second kappa shape index (κ2) is 7.36. The van der Waals surface area contributed by atoms with Crippen molar-refractivity contribution in [2.24, 2.45) is 0 Å². The highest BCUT2D eigenvalue weighted by molar-refractivity contribution is 5.92. The molecule has 1 fully saturated rings. The monoisotopic (exact) mass is 255 g/mol. The zero-order valence-corrected chi connectivity index (χ0v) is 11.7. The lowest BCUT2D eigenvalue weighted by molar-refractivity contribution is -0.150. The lowest BCUT2D eigenvalue weighted by Gasteiger charge is -2.33. The van der Waals surface area contributed by atoms with E-state index >= 15 is 0 Å². The molecule has 1 N–H and O–H groups in total. The van der Waals surface area contributed by atoms with E-state index in [1.54, 1.807) is 9.80 Å². The Morgan fingerprint density at radius 1 is 1.11 bits per heavy atom. The molecule has 0 aliphatic carbocycles. The fraction of sp³-hybridized carbons (Fsp3) is 0.846. The van der Waals surface area contributed by atoms with Gasteiger partial charge in [-0.1, -0.05) is 20.8 Å². The molecule has 1 saturated heterocycles. The van der Waals surface area contributed by atoms with Gasteiger partial charge in [-0.05, 0) is 19.4 Å². The Morgan fingerprint density at radius 3 is 2.17 bits per heavy atom. The van der Waals surface area contributed by atoms with Gasteiger partial charge in [-0.25, -0.2) is 0 Å². The molecule has 0 aromatic carbocycles. The first-order valence-electron chi connectivity index (χ1n) is 6.83. The van der Waals surface area contributed by atoms with Crippen molar-refractivity contribution < 1.29 is 9.59 Å². The van der Waals surface area contributed by atoms with Crippen LogP contribution in [0.3, 0.4) is 0 Å². The Bertz CT molecular complexity index is 292. The van der Waals surface area contributed by atoms with Gasteiger partial charge < -0.3 is 15.1 Å². The van der Waals surface area contributed by atoms with Crippen molar-refractivity contribution in [1.29, 1.82) is 0 Å². The molecule has 0 saturated carbocycles. The number of rotatable bonds is 7. The third-order valence-electron chi connectivity index (χ3n) is 3.01. The van der Waals surface area contributed by atoms with E-state index in [9.17, 15) is 9.59 Å². The van der Waals surface area contributed by atoms with Gasteiger partial charge >= 0.3 is 0 Å². The molecule has 1 aliphatic heterocycles. The summed E-state index contributed by atoms with van der Waals surface area (Å²) in [7, 11) is 0. The van der Waals surface area contributed by atoms with Gasteiger partial charge in [-0.15, -0.1) is 0 Å². The lowest BCUT2D eigenvalue weighted by Crippen LogP contribution is -2.54. The summed E-state index contributed by atoms with van der Waals surface area (Å²) < 4.78 is 0. The number of hydrogen-bond donors (Lipinski definition) is 1. The van der Waals surface area contributed by atoms with Crippen LogP contribution in [0.1, 0.15) is 33.6 Å². The smallest absolute Gasteiger partial charge is 0.242 e. The van der Waals surface area contributed by atoms with Gasteiger partial charge in [0.25, 0.3) is 0 Å². The summed E-state index contributed by atoms with van der Waals surface area (Å²) in [6.45, 7) is 8.95. The number of hydrogen-bond acceptors (Lipinski definition) is 3. The Morgan fingerprint density at radius 2 is 1.67 bits per heavy atom. The van der Waals surface area contributed by atoms with Crippen LogP contribution in [0.15, 0.2) is 0 Å². The van der Waals surface area contributed by atoms with Crippen molar-refractivity contribution in [1.82, 2.24) is 15.1 Å². The third kappa shape index (κ3) is 4.64. The number of amides is 2. The molecule has 18 heavy (non-hydrogen) atoms. The highest BCUT2D eigenvalue weighted by Gasteiger charge is 2.28. The van der Waals surface area contributed by atoms with Crippen LogP contribution in [0.5, 0.6) is 0 Å². The molecule has 1 aliphatic rings. The van der Waals surface area contributed by atoms with Gasteiger partial charge in [-0.3, -0.25) is 9.59 Å². The minimum absolute atomic E-state index is 0.0765. The van der Waals surface area contributed by atoms with E-state index in [0.717, 1.165) is 19.4 Å². The minimum Gasteiger partial charge on any atom is -0.332 e. The fourth-order valence-corrected chi connectivity index (χ4v) is 2.04. The van der Waals surface area contributed by atoms with Crippen molar-refractivity contribution in [2.75, 3.05) is 32.7 Å². The first-order chi connectivity index (χ1) is 8.54. The standard InChI is InChI=1S/C13H25N3O2/c1-4-7-15-9-13(18)16(10-12(15)17)8-5-6-14-11(2)3/h11,14H,4-10H2,1-3H3. The van der Waals surface area contributed by atoms with Crippen molar-refractivity contribution in [2.45, 2.75) is 39.7 Å². The summed E-state index contributed by atoms with van der Waals surface area (Å²) >= 11 is 0. The zero-order chi connectivity index (χ0) is 13.5. The molecule has 5 heteroatoms. The maximum atomic E-state index is 11.9. The van der Waals surface area contributed by atoms with Gasteiger partial charge in [0.15, 0.2) is 0 Å². The topological polar surface area (TPSA) is 52.7 Å². The highest BCUT2D eigenvalue weighted by atomic mass is 16.2. The predicted octanol–water partition coefficient (Wildman–Crippen LogP) is 0.455. The van der Waals surface area contributed by atoms with E-state index < -0.39 is 0 Å². The predicted molar refractivity (Wildman–Crippen MR) is 71.2 cm³/mol. The second-order valence-electron chi connectivity index (χ2n) is 5.09. The van der Waals surface area contributed by atoms with E-state index in [1.165, 1.54) is 0 Å². The van der Waals surface area contributed by atoms with Gasteiger partial charge in [0, 0.05) is 19.1 Å². The molecular weight excluding hydrogens is 230 g/mol. The molecule has 1 heterocycles. The SMILES string of the molecule is CCCN1CC(=O)N(CCCNC(C)C)CC1=O. The Labute approximate surface area is 110 Å². The van der Waals surface area contributed by atoms with Gasteiger partial charge in [0.05, 0.1) is 13.1 Å². The zero-order valence-electron chi connectivity index (χ0n) is 11.7. The lowest BCUT2D eigenvalue weighted by atomic mass is 10.2. The average molecular weight is 255 g/mol. The van der Waals surface area contributed by atoms with Crippen LogP contribution in [0, 0.1) is 0 Å². The molecule has 5 nitrogen and oxygen atoms in total. The van der Waals surface area contributed by atoms with Crippen molar-refractivity contribution in [3.05, 3.63) is 0 Å². The van der Waals surface area contributed by atoms with Crippen molar-refractivity contribution in [3.63, 3.8) is 0 Å². The number of nitrogens with zero attached hydrogens (tertiary/aromatic N) is 2. The van der Waals surface area contributed by atoms with E-state index in [-0.39, 0.29) is 24.9 Å². The number of carbonyl (C=O) groups excluding carboxylic acids is 2. The number of nitrogens with one attached hydrogen (secondary N) is 1. The molecule has 1 rings (SSSR count). The van der Waals surface area contributed by atoms with Crippen LogP contribution in [-0.4, -0.2) is 60.4 Å². The third-order valence-corrected chi connectivity index (χ3v) is 3.01. The van der Waals surface area contributed by atoms with Crippen LogP contribution < -0.4 is 5.32 Å².